The number of aliphatic hydroxyl groups is 4. The van der Waals surface area contributed by atoms with Crippen LogP contribution in [0.5, 0.6) is 0 Å². The first-order valence-corrected chi connectivity index (χ1v) is 11.0. The first-order chi connectivity index (χ1) is 14.6. The van der Waals surface area contributed by atoms with E-state index in [2.05, 4.69) is 5.32 Å². The van der Waals surface area contributed by atoms with Crippen molar-refractivity contribution >= 4 is 5.91 Å². The third kappa shape index (κ3) is 4.35. The van der Waals surface area contributed by atoms with Gasteiger partial charge >= 0.3 is 0 Å². The smallest absolute Gasteiger partial charge is 0.253 e. The summed E-state index contributed by atoms with van der Waals surface area (Å²) in [5, 5.41) is 45.2. The molecule has 1 aromatic rings. The molecule has 1 heterocycles. The average Bonchev–Trinajstić information content (AvgIpc) is 2.99. The fourth-order valence-corrected chi connectivity index (χ4v) is 5.14. The van der Waals surface area contributed by atoms with Crippen LogP contribution in [0.2, 0.25) is 0 Å². The molecule has 170 valence electrons. The number of carbonyl (C=O) groups excluding carboxylic acids is 1. The fraction of sp³-hybridized carbons (Fsp3) is 0.560. The van der Waals surface area contributed by atoms with Crippen molar-refractivity contribution < 1.29 is 25.2 Å². The fourth-order valence-electron chi connectivity index (χ4n) is 5.14. The van der Waals surface area contributed by atoms with Crippen molar-refractivity contribution in [3.05, 3.63) is 59.2 Å². The molecular formula is C25H35NO5. The van der Waals surface area contributed by atoms with E-state index in [0.717, 1.165) is 16.7 Å². The maximum absolute atomic E-state index is 13.0. The summed E-state index contributed by atoms with van der Waals surface area (Å²) in [5.41, 5.74) is 0.944. The van der Waals surface area contributed by atoms with Gasteiger partial charge in [-0.25, -0.2) is 0 Å². The number of benzene rings is 1. The molecule has 1 aliphatic heterocycles. The van der Waals surface area contributed by atoms with E-state index >= 15 is 0 Å². The Morgan fingerprint density at radius 2 is 1.77 bits per heavy atom. The van der Waals surface area contributed by atoms with Gasteiger partial charge in [0.05, 0.1) is 18.3 Å². The van der Waals surface area contributed by atoms with E-state index in [1.165, 1.54) is 6.92 Å². The lowest BCUT2D eigenvalue weighted by Gasteiger charge is -2.43. The lowest BCUT2D eigenvalue weighted by molar-refractivity contribution is -0.147. The number of hydrogen-bond acceptors (Lipinski definition) is 5. The molecule has 1 saturated heterocycles. The molecule has 5 N–H and O–H groups in total. The minimum absolute atomic E-state index is 0.205. The molecule has 6 nitrogen and oxygen atoms in total. The van der Waals surface area contributed by atoms with Gasteiger partial charge in [0.1, 0.15) is 0 Å². The molecule has 1 fully saturated rings. The summed E-state index contributed by atoms with van der Waals surface area (Å²) in [6, 6.07) is 9.57. The molecule has 0 aromatic heterocycles. The largest absolute Gasteiger partial charge is 0.391 e. The second-order valence-electron chi connectivity index (χ2n) is 9.28. The number of allylic oxidation sites excluding steroid dienone is 1. The van der Waals surface area contributed by atoms with E-state index in [1.54, 1.807) is 12.2 Å². The maximum atomic E-state index is 13.0. The predicted molar refractivity (Wildman–Crippen MR) is 119 cm³/mol. The van der Waals surface area contributed by atoms with Gasteiger partial charge in [-0.1, -0.05) is 55.0 Å². The summed E-state index contributed by atoms with van der Waals surface area (Å²) in [6.45, 7) is 7.09. The van der Waals surface area contributed by atoms with Gasteiger partial charge in [-0.05, 0) is 50.7 Å². The third-order valence-electron chi connectivity index (χ3n) is 7.16. The average molecular weight is 430 g/mol. The van der Waals surface area contributed by atoms with Crippen molar-refractivity contribution in [2.45, 2.75) is 70.5 Å². The maximum Gasteiger partial charge on any atom is 0.253 e. The molecule has 1 aliphatic carbocycles. The number of hydrogen-bond donors (Lipinski definition) is 5. The second-order valence-corrected chi connectivity index (χ2v) is 9.28. The molecule has 0 spiro atoms. The van der Waals surface area contributed by atoms with E-state index in [9.17, 15) is 25.2 Å². The molecule has 2 aliphatic rings. The quantitative estimate of drug-likeness (QED) is 0.424. The summed E-state index contributed by atoms with van der Waals surface area (Å²) >= 11 is 0. The Hall–Kier alpha value is -1.99. The van der Waals surface area contributed by atoms with Crippen LogP contribution in [0.15, 0.2) is 53.6 Å². The Labute approximate surface area is 184 Å². The highest BCUT2D eigenvalue weighted by molar-refractivity contribution is 5.90. The number of rotatable bonds is 7. The molecule has 6 heteroatoms. The van der Waals surface area contributed by atoms with Crippen molar-refractivity contribution in [2.75, 3.05) is 0 Å². The summed E-state index contributed by atoms with van der Waals surface area (Å²) < 4.78 is 0. The molecule has 31 heavy (non-hydrogen) atoms. The van der Waals surface area contributed by atoms with Gasteiger partial charge in [-0.2, -0.15) is 0 Å². The Kier molecular flexibility index (Phi) is 7.06. The number of nitrogens with one attached hydrogen (secondary N) is 1. The van der Waals surface area contributed by atoms with Gasteiger partial charge < -0.3 is 25.7 Å². The van der Waals surface area contributed by atoms with Crippen molar-refractivity contribution in [1.82, 2.24) is 5.32 Å². The van der Waals surface area contributed by atoms with Crippen LogP contribution >= 0.6 is 0 Å². The first-order valence-electron chi connectivity index (χ1n) is 11.0. The van der Waals surface area contributed by atoms with Crippen molar-refractivity contribution in [3.8, 4) is 0 Å². The van der Waals surface area contributed by atoms with E-state index in [4.69, 9.17) is 0 Å². The van der Waals surface area contributed by atoms with Crippen LogP contribution in [0.1, 0.15) is 39.7 Å². The zero-order valence-corrected chi connectivity index (χ0v) is 18.7. The predicted octanol–water partition coefficient (Wildman–Crippen LogP) is 1.73. The summed E-state index contributed by atoms with van der Waals surface area (Å²) in [7, 11) is 0. The summed E-state index contributed by atoms with van der Waals surface area (Å²) in [5.74, 6) is -1.91. The zero-order chi connectivity index (χ0) is 22.9. The van der Waals surface area contributed by atoms with Crippen LogP contribution in [0, 0.1) is 17.8 Å². The standard InChI is InChI=1S/C25H35NO5/c1-14(22(28)17(4)27)9-8-12-19-23(29)16(3)15(2)21-20(26-24(30)25(19,21)31)13-18-10-6-5-7-11-18/h5-8,10-12,14,17,19-23,27-29,31H,9,13H2,1-4H3,(H,26,30). The highest BCUT2D eigenvalue weighted by Crippen LogP contribution is 2.48. The third-order valence-corrected chi connectivity index (χ3v) is 7.16. The lowest BCUT2D eigenvalue weighted by atomic mass is 9.63. The zero-order valence-electron chi connectivity index (χ0n) is 18.7. The number of fused-ring (bicyclic) bond motifs is 1. The molecule has 8 unspecified atom stereocenters. The monoisotopic (exact) mass is 429 g/mol. The number of amides is 1. The van der Waals surface area contributed by atoms with Gasteiger partial charge in [0.2, 0.25) is 0 Å². The minimum Gasteiger partial charge on any atom is -0.391 e. The van der Waals surface area contributed by atoms with Crippen LogP contribution in [0.4, 0.5) is 0 Å². The van der Waals surface area contributed by atoms with Gasteiger partial charge in [-0.15, -0.1) is 0 Å². The van der Waals surface area contributed by atoms with Crippen molar-refractivity contribution in [3.63, 3.8) is 0 Å². The second kappa shape index (κ2) is 9.25. The van der Waals surface area contributed by atoms with Crippen LogP contribution in [0.25, 0.3) is 0 Å². The molecule has 1 amide bonds. The lowest BCUT2D eigenvalue weighted by Crippen LogP contribution is -2.56. The topological polar surface area (TPSA) is 110 Å². The Morgan fingerprint density at radius 1 is 1.13 bits per heavy atom. The van der Waals surface area contributed by atoms with Gasteiger partial charge in [0.25, 0.3) is 5.91 Å². The van der Waals surface area contributed by atoms with Crippen LogP contribution in [0.3, 0.4) is 0 Å². The number of aliphatic hydroxyl groups excluding tert-OH is 3. The highest BCUT2D eigenvalue weighted by atomic mass is 16.3. The van der Waals surface area contributed by atoms with Crippen LogP contribution in [-0.2, 0) is 11.2 Å². The molecule has 8 atom stereocenters. The van der Waals surface area contributed by atoms with Gasteiger partial charge in [0, 0.05) is 17.9 Å². The normalized spacial score (nSPS) is 33.9. The highest BCUT2D eigenvalue weighted by Gasteiger charge is 2.62. The van der Waals surface area contributed by atoms with Crippen LogP contribution in [-0.4, -0.2) is 56.3 Å². The Balaban J connectivity index is 1.88. The van der Waals surface area contributed by atoms with E-state index in [1.807, 2.05) is 51.1 Å². The number of carbonyl (C=O) groups is 1. The summed E-state index contributed by atoms with van der Waals surface area (Å²) in [6.07, 6.45) is 1.83. The molecule has 3 rings (SSSR count). The molecule has 0 radical (unpaired) electrons. The summed E-state index contributed by atoms with van der Waals surface area (Å²) in [4.78, 5) is 13.0. The molecule has 0 bridgehead atoms. The van der Waals surface area contributed by atoms with E-state index in [0.29, 0.717) is 12.8 Å². The molecular weight excluding hydrogens is 394 g/mol. The van der Waals surface area contributed by atoms with Gasteiger partial charge in [-0.3, -0.25) is 4.79 Å². The first kappa shape index (κ1) is 23.7. The minimum atomic E-state index is -1.74. The van der Waals surface area contributed by atoms with Gasteiger partial charge in [0.15, 0.2) is 5.60 Å². The van der Waals surface area contributed by atoms with Crippen molar-refractivity contribution in [1.29, 1.82) is 0 Å². The van der Waals surface area contributed by atoms with Crippen molar-refractivity contribution in [2.24, 2.45) is 17.8 Å². The van der Waals surface area contributed by atoms with Crippen LogP contribution < -0.4 is 5.32 Å². The SMILES string of the molecule is CC1=C(C)C2C(Cc3ccccc3)NC(=O)C2(O)C(C=CCC(C)C(O)C(C)O)C1O. The van der Waals surface area contributed by atoms with E-state index in [-0.39, 0.29) is 12.0 Å². The Bertz CT molecular complexity index is 849. The Morgan fingerprint density at radius 3 is 2.39 bits per heavy atom. The van der Waals surface area contributed by atoms with E-state index < -0.39 is 41.7 Å². The molecule has 1 aromatic carbocycles. The molecule has 0 saturated carbocycles.